The van der Waals surface area contributed by atoms with Crippen LogP contribution in [0.4, 0.5) is 0 Å². The first kappa shape index (κ1) is 10.1. The zero-order valence-corrected chi connectivity index (χ0v) is 8.63. The summed E-state index contributed by atoms with van der Waals surface area (Å²) in [5.41, 5.74) is 0. The highest BCUT2D eigenvalue weighted by molar-refractivity contribution is 5.81. The predicted molar refractivity (Wildman–Crippen MR) is 54.1 cm³/mol. The first-order valence-electron chi connectivity index (χ1n) is 5.67. The van der Waals surface area contributed by atoms with Crippen molar-refractivity contribution in [2.24, 2.45) is 11.8 Å². The molecule has 0 amide bonds. The van der Waals surface area contributed by atoms with E-state index in [9.17, 15) is 4.79 Å². The van der Waals surface area contributed by atoms with Crippen LogP contribution in [0.2, 0.25) is 0 Å². The Hall–Kier alpha value is -0.410. The van der Waals surface area contributed by atoms with Gasteiger partial charge >= 0.3 is 0 Å². The fraction of sp³-hybridized carbons (Fsp3) is 0.909. The maximum Gasteiger partial charge on any atom is 0.137 e. The van der Waals surface area contributed by atoms with Gasteiger partial charge in [-0.05, 0) is 31.7 Å². The summed E-state index contributed by atoms with van der Waals surface area (Å²) in [7, 11) is 0. The largest absolute Gasteiger partial charge is 0.381 e. The summed E-state index contributed by atoms with van der Waals surface area (Å²) in [6.45, 7) is 3.62. The molecule has 0 aromatic rings. The zero-order valence-electron chi connectivity index (χ0n) is 8.63. The molecule has 0 spiro atoms. The van der Waals surface area contributed by atoms with Gasteiger partial charge in [0.25, 0.3) is 0 Å². The van der Waals surface area contributed by atoms with Crippen LogP contribution in [0.3, 0.4) is 0 Å². The van der Waals surface area contributed by atoms with E-state index in [0.717, 1.165) is 52.0 Å². The van der Waals surface area contributed by atoms with Crippen molar-refractivity contribution in [3.63, 3.8) is 0 Å². The van der Waals surface area contributed by atoms with E-state index >= 15 is 0 Å². The molecule has 2 aliphatic heterocycles. The van der Waals surface area contributed by atoms with Crippen molar-refractivity contribution in [1.82, 2.24) is 5.32 Å². The van der Waals surface area contributed by atoms with Crippen molar-refractivity contribution in [2.45, 2.75) is 25.7 Å². The lowest BCUT2D eigenvalue weighted by Gasteiger charge is -2.22. The zero-order chi connectivity index (χ0) is 9.80. The van der Waals surface area contributed by atoms with E-state index < -0.39 is 0 Å². The average Bonchev–Trinajstić information content (AvgIpc) is 2.72. The van der Waals surface area contributed by atoms with Crippen molar-refractivity contribution in [1.29, 1.82) is 0 Å². The van der Waals surface area contributed by atoms with Crippen LogP contribution in [-0.4, -0.2) is 32.1 Å². The maximum atomic E-state index is 11.8. The van der Waals surface area contributed by atoms with Crippen LogP contribution in [0, 0.1) is 11.8 Å². The van der Waals surface area contributed by atoms with Gasteiger partial charge in [0.15, 0.2) is 0 Å². The molecule has 0 bridgehead atoms. The van der Waals surface area contributed by atoms with Gasteiger partial charge in [-0.3, -0.25) is 4.79 Å². The van der Waals surface area contributed by atoms with Crippen molar-refractivity contribution < 1.29 is 9.53 Å². The summed E-state index contributed by atoms with van der Waals surface area (Å²) >= 11 is 0. The highest BCUT2D eigenvalue weighted by atomic mass is 16.5. The highest BCUT2D eigenvalue weighted by Crippen LogP contribution is 2.22. The van der Waals surface area contributed by atoms with Crippen LogP contribution in [0.1, 0.15) is 25.7 Å². The average molecular weight is 197 g/mol. The maximum absolute atomic E-state index is 11.8. The van der Waals surface area contributed by atoms with E-state index in [0.29, 0.717) is 17.6 Å². The molecule has 1 N–H and O–H groups in total. The molecule has 14 heavy (non-hydrogen) atoms. The minimum atomic E-state index is 0.304. The van der Waals surface area contributed by atoms with Gasteiger partial charge in [0.1, 0.15) is 5.78 Å². The molecule has 1 atom stereocenters. The van der Waals surface area contributed by atoms with Crippen LogP contribution in [0.5, 0.6) is 0 Å². The minimum Gasteiger partial charge on any atom is -0.381 e. The number of carbonyl (C=O) groups is 1. The number of hydrogen-bond acceptors (Lipinski definition) is 3. The molecule has 0 saturated carbocycles. The molecule has 2 rings (SSSR count). The summed E-state index contributed by atoms with van der Waals surface area (Å²) in [6.07, 6.45) is 3.98. The van der Waals surface area contributed by atoms with E-state index in [2.05, 4.69) is 5.32 Å². The van der Waals surface area contributed by atoms with Gasteiger partial charge in [0, 0.05) is 32.1 Å². The van der Waals surface area contributed by atoms with Crippen LogP contribution >= 0.6 is 0 Å². The molecule has 2 aliphatic rings. The summed E-state index contributed by atoms with van der Waals surface area (Å²) in [6, 6.07) is 0. The van der Waals surface area contributed by atoms with Gasteiger partial charge < -0.3 is 10.1 Å². The number of rotatable bonds is 3. The van der Waals surface area contributed by atoms with Gasteiger partial charge in [-0.1, -0.05) is 0 Å². The normalized spacial score (nSPS) is 29.3. The van der Waals surface area contributed by atoms with Crippen LogP contribution in [0.15, 0.2) is 0 Å². The Kier molecular flexibility index (Phi) is 3.54. The van der Waals surface area contributed by atoms with Crippen molar-refractivity contribution in [3.05, 3.63) is 0 Å². The van der Waals surface area contributed by atoms with Crippen LogP contribution in [0.25, 0.3) is 0 Å². The fourth-order valence-corrected chi connectivity index (χ4v) is 2.33. The molecule has 1 unspecified atom stereocenters. The molecule has 0 aliphatic carbocycles. The molecule has 3 nitrogen and oxygen atoms in total. The van der Waals surface area contributed by atoms with E-state index in [1.54, 1.807) is 0 Å². The molecule has 80 valence electrons. The van der Waals surface area contributed by atoms with Gasteiger partial charge in [-0.25, -0.2) is 0 Å². The van der Waals surface area contributed by atoms with Gasteiger partial charge in [0.2, 0.25) is 0 Å². The fourth-order valence-electron chi connectivity index (χ4n) is 2.33. The number of ether oxygens (including phenoxy) is 1. The first-order chi connectivity index (χ1) is 6.86. The molecule has 3 heteroatoms. The second kappa shape index (κ2) is 4.89. The Labute approximate surface area is 85.2 Å². The van der Waals surface area contributed by atoms with Crippen LogP contribution < -0.4 is 5.32 Å². The molecule has 0 aromatic carbocycles. The topological polar surface area (TPSA) is 38.3 Å². The lowest BCUT2D eigenvalue weighted by atomic mass is 9.89. The van der Waals surface area contributed by atoms with Crippen LogP contribution in [-0.2, 0) is 9.53 Å². The number of carbonyl (C=O) groups excluding carboxylic acids is 1. The number of Topliss-reactive ketones (excluding diaryl/α,β-unsaturated/α-hetero) is 1. The minimum absolute atomic E-state index is 0.304. The van der Waals surface area contributed by atoms with Gasteiger partial charge in [0.05, 0.1) is 0 Å². The first-order valence-corrected chi connectivity index (χ1v) is 5.67. The quantitative estimate of drug-likeness (QED) is 0.733. The molecular weight excluding hydrogens is 178 g/mol. The summed E-state index contributed by atoms with van der Waals surface area (Å²) in [5.74, 6) is 1.37. The third-order valence-corrected chi connectivity index (χ3v) is 3.35. The van der Waals surface area contributed by atoms with E-state index in [1.165, 1.54) is 0 Å². The highest BCUT2D eigenvalue weighted by Gasteiger charge is 2.25. The number of hydrogen-bond donors (Lipinski definition) is 1. The SMILES string of the molecule is O=C(CC1CCOCC1)C1CCNC1. The third kappa shape index (κ3) is 2.55. The van der Waals surface area contributed by atoms with E-state index in [-0.39, 0.29) is 0 Å². The van der Waals surface area contributed by atoms with Gasteiger partial charge in [-0.2, -0.15) is 0 Å². The predicted octanol–water partition coefficient (Wildman–Crippen LogP) is 0.982. The lowest BCUT2D eigenvalue weighted by Crippen LogP contribution is -2.24. The molecule has 2 saturated heterocycles. The third-order valence-electron chi connectivity index (χ3n) is 3.35. The Bertz CT molecular complexity index is 193. The second-order valence-corrected chi connectivity index (χ2v) is 4.42. The standard InChI is InChI=1S/C11H19NO2/c13-11(10-1-4-12-8-10)7-9-2-5-14-6-3-9/h9-10,12H,1-8H2. The second-order valence-electron chi connectivity index (χ2n) is 4.42. The Morgan fingerprint density at radius 1 is 1.29 bits per heavy atom. The summed E-state index contributed by atoms with van der Waals surface area (Å²) in [4.78, 5) is 11.8. The van der Waals surface area contributed by atoms with E-state index in [4.69, 9.17) is 4.74 Å². The Balaban J connectivity index is 1.75. The van der Waals surface area contributed by atoms with Crippen molar-refractivity contribution >= 4 is 5.78 Å². The number of nitrogens with one attached hydrogen (secondary N) is 1. The molecule has 2 heterocycles. The summed E-state index contributed by atoms with van der Waals surface area (Å²) < 4.78 is 5.28. The van der Waals surface area contributed by atoms with Gasteiger partial charge in [-0.15, -0.1) is 0 Å². The van der Waals surface area contributed by atoms with E-state index in [1.807, 2.05) is 0 Å². The Morgan fingerprint density at radius 3 is 2.71 bits per heavy atom. The molecule has 0 aromatic heterocycles. The summed E-state index contributed by atoms with van der Waals surface area (Å²) in [5, 5.41) is 3.24. The Morgan fingerprint density at radius 2 is 2.07 bits per heavy atom. The lowest BCUT2D eigenvalue weighted by molar-refractivity contribution is -0.123. The molecule has 2 fully saturated rings. The number of ketones is 1. The van der Waals surface area contributed by atoms with Crippen molar-refractivity contribution in [2.75, 3.05) is 26.3 Å². The smallest absolute Gasteiger partial charge is 0.137 e. The monoisotopic (exact) mass is 197 g/mol. The van der Waals surface area contributed by atoms with Crippen molar-refractivity contribution in [3.8, 4) is 0 Å². The molecular formula is C11H19NO2. The molecule has 0 radical (unpaired) electrons.